The Bertz CT molecular complexity index is 910. The van der Waals surface area contributed by atoms with Crippen LogP contribution < -0.4 is 4.74 Å². The molecule has 1 aliphatic heterocycles. The van der Waals surface area contributed by atoms with Crippen molar-refractivity contribution in [1.82, 2.24) is 0 Å². The molecule has 1 fully saturated rings. The summed E-state index contributed by atoms with van der Waals surface area (Å²) in [6, 6.07) is 5.45. The molecule has 2 aromatic carbocycles. The molecule has 9 heteroatoms. The zero-order chi connectivity index (χ0) is 22.2. The van der Waals surface area contributed by atoms with Gasteiger partial charge in [0.15, 0.2) is 11.6 Å². The Hall–Kier alpha value is -2.23. The average molecular weight is 432 g/mol. The summed E-state index contributed by atoms with van der Waals surface area (Å²) >= 11 is 0. The number of benzene rings is 2. The Morgan fingerprint density at radius 3 is 2.23 bits per heavy atom. The van der Waals surface area contributed by atoms with Gasteiger partial charge in [0.05, 0.1) is 13.2 Å². The second kappa shape index (κ2) is 8.13. The summed E-state index contributed by atoms with van der Waals surface area (Å²) in [6.45, 7) is 3.34. The lowest BCUT2D eigenvalue weighted by Gasteiger charge is -2.43. The first kappa shape index (κ1) is 22.5. The summed E-state index contributed by atoms with van der Waals surface area (Å²) in [5, 5.41) is 10.1. The lowest BCUT2D eigenvalue weighted by atomic mass is 9.87. The molecule has 0 radical (unpaired) electrons. The van der Waals surface area contributed by atoms with E-state index in [9.17, 15) is 27.1 Å². The molecule has 0 saturated carbocycles. The number of rotatable bonds is 6. The van der Waals surface area contributed by atoms with Crippen molar-refractivity contribution in [3.8, 4) is 16.9 Å². The second-order valence-electron chi connectivity index (χ2n) is 7.61. The van der Waals surface area contributed by atoms with Crippen LogP contribution in [0.4, 0.5) is 22.0 Å². The highest BCUT2D eigenvalue weighted by Gasteiger charge is 2.62. The van der Waals surface area contributed by atoms with Crippen LogP contribution in [0.25, 0.3) is 11.1 Å². The number of alkyl halides is 2. The molecule has 30 heavy (non-hydrogen) atoms. The van der Waals surface area contributed by atoms with Crippen LogP contribution in [0.15, 0.2) is 36.4 Å². The normalized spacial score (nSPS) is 24.7. The molecule has 0 bridgehead atoms. The topological polar surface area (TPSA) is 47.9 Å². The Morgan fingerprint density at radius 1 is 1.00 bits per heavy atom. The molecule has 3 rings (SSSR count). The van der Waals surface area contributed by atoms with Gasteiger partial charge < -0.3 is 19.3 Å². The van der Waals surface area contributed by atoms with E-state index in [-0.39, 0.29) is 24.3 Å². The van der Waals surface area contributed by atoms with Crippen LogP contribution >= 0.6 is 0 Å². The summed E-state index contributed by atoms with van der Waals surface area (Å²) in [5.41, 5.74) is -0.670. The molecule has 4 nitrogen and oxygen atoms in total. The third-order valence-electron chi connectivity index (χ3n) is 4.87. The minimum Gasteiger partial charge on any atom is -0.426 e. The summed E-state index contributed by atoms with van der Waals surface area (Å²) in [4.78, 5) is 0. The van der Waals surface area contributed by atoms with E-state index in [2.05, 4.69) is 4.74 Å². The fraction of sp³-hybridized carbons (Fsp3) is 0.429. The van der Waals surface area contributed by atoms with Gasteiger partial charge in [-0.15, -0.1) is 0 Å². The third-order valence-corrected chi connectivity index (χ3v) is 4.87. The van der Waals surface area contributed by atoms with Gasteiger partial charge in [-0.25, -0.2) is 13.2 Å². The summed E-state index contributed by atoms with van der Waals surface area (Å²) in [5.74, 6) is -7.25. The maximum atomic E-state index is 14.5. The maximum absolute atomic E-state index is 14.5. The molecule has 1 heterocycles. The molecule has 0 amide bonds. The fourth-order valence-corrected chi connectivity index (χ4v) is 3.21. The van der Waals surface area contributed by atoms with Crippen molar-refractivity contribution in [2.45, 2.75) is 38.8 Å². The summed E-state index contributed by atoms with van der Waals surface area (Å²) < 4.78 is 84.2. The van der Waals surface area contributed by atoms with Crippen LogP contribution in [-0.4, -0.2) is 30.4 Å². The van der Waals surface area contributed by atoms with Crippen molar-refractivity contribution in [1.29, 1.82) is 0 Å². The van der Waals surface area contributed by atoms with Gasteiger partial charge in [-0.3, -0.25) is 0 Å². The van der Waals surface area contributed by atoms with E-state index in [0.29, 0.717) is 12.5 Å². The lowest BCUT2D eigenvalue weighted by molar-refractivity contribution is -0.504. The van der Waals surface area contributed by atoms with Gasteiger partial charge in [-0.1, -0.05) is 26.3 Å². The SMILES string of the molecule is CCCC1(C)COC(O)(C(F)(F)Oc2ccc(-c3ccc(F)c(F)c3)c(F)c2)OC1. The van der Waals surface area contributed by atoms with Crippen molar-refractivity contribution in [2.24, 2.45) is 5.41 Å². The van der Waals surface area contributed by atoms with E-state index in [1.165, 1.54) is 0 Å². The van der Waals surface area contributed by atoms with Gasteiger partial charge in [0, 0.05) is 17.0 Å². The first-order valence-corrected chi connectivity index (χ1v) is 9.31. The molecule has 0 atom stereocenters. The molecule has 0 aliphatic carbocycles. The molecule has 164 valence electrons. The monoisotopic (exact) mass is 432 g/mol. The van der Waals surface area contributed by atoms with Crippen molar-refractivity contribution >= 4 is 0 Å². The number of aliphatic hydroxyl groups is 1. The van der Waals surface area contributed by atoms with Gasteiger partial charge in [0.25, 0.3) is 0 Å². The van der Waals surface area contributed by atoms with E-state index in [0.717, 1.165) is 36.8 Å². The predicted molar refractivity (Wildman–Crippen MR) is 97.2 cm³/mol. The minimum absolute atomic E-state index is 0.0116. The van der Waals surface area contributed by atoms with Crippen LogP contribution in [0.3, 0.4) is 0 Å². The van der Waals surface area contributed by atoms with Gasteiger partial charge >= 0.3 is 12.1 Å². The first-order chi connectivity index (χ1) is 14.0. The molecular weight excluding hydrogens is 411 g/mol. The zero-order valence-corrected chi connectivity index (χ0v) is 16.4. The van der Waals surface area contributed by atoms with Crippen LogP contribution in [0.2, 0.25) is 0 Å². The molecule has 0 unspecified atom stereocenters. The van der Waals surface area contributed by atoms with Gasteiger partial charge in [-0.05, 0) is 36.2 Å². The van der Waals surface area contributed by atoms with Crippen molar-refractivity contribution in [2.75, 3.05) is 13.2 Å². The Morgan fingerprint density at radius 2 is 1.67 bits per heavy atom. The Balaban J connectivity index is 1.77. The predicted octanol–water partition coefficient (Wildman–Crippen LogP) is 5.24. The van der Waals surface area contributed by atoms with E-state index in [4.69, 9.17) is 9.47 Å². The highest BCUT2D eigenvalue weighted by Crippen LogP contribution is 2.41. The molecule has 0 aromatic heterocycles. The van der Waals surface area contributed by atoms with Gasteiger partial charge in [0.1, 0.15) is 11.6 Å². The van der Waals surface area contributed by atoms with Crippen molar-refractivity contribution in [3.05, 3.63) is 53.8 Å². The number of hydrogen-bond donors (Lipinski definition) is 1. The van der Waals surface area contributed by atoms with Crippen LogP contribution in [0.1, 0.15) is 26.7 Å². The number of hydrogen-bond acceptors (Lipinski definition) is 4. The highest BCUT2D eigenvalue weighted by atomic mass is 19.3. The highest BCUT2D eigenvalue weighted by molar-refractivity contribution is 5.65. The smallest absolute Gasteiger partial charge is 0.426 e. The van der Waals surface area contributed by atoms with E-state index < -0.39 is 40.7 Å². The minimum atomic E-state index is -4.35. The summed E-state index contributed by atoms with van der Waals surface area (Å²) in [7, 11) is 0. The first-order valence-electron chi connectivity index (χ1n) is 9.31. The molecule has 2 aromatic rings. The Kier molecular flexibility index (Phi) is 6.08. The van der Waals surface area contributed by atoms with Crippen LogP contribution in [0, 0.1) is 22.9 Å². The summed E-state index contributed by atoms with van der Waals surface area (Å²) in [6.07, 6.45) is -2.93. The number of ether oxygens (including phenoxy) is 3. The largest absolute Gasteiger partial charge is 0.484 e. The van der Waals surface area contributed by atoms with Crippen LogP contribution in [0.5, 0.6) is 5.75 Å². The Labute approximate surface area is 170 Å². The van der Waals surface area contributed by atoms with E-state index in [1.54, 1.807) is 6.92 Å². The molecule has 0 spiro atoms. The second-order valence-corrected chi connectivity index (χ2v) is 7.61. The molecule has 1 N–H and O–H groups in total. The standard InChI is InChI=1S/C21H21F5O4/c1-3-8-19(2)11-28-21(27,29-12-19)20(25,26)30-14-5-6-15(17(23)10-14)13-4-7-16(22)18(24)9-13/h4-7,9-10,27H,3,8,11-12H2,1-2H3. The fourth-order valence-electron chi connectivity index (χ4n) is 3.21. The van der Waals surface area contributed by atoms with Crippen LogP contribution in [-0.2, 0) is 9.47 Å². The van der Waals surface area contributed by atoms with Gasteiger partial charge in [0.2, 0.25) is 0 Å². The molecule has 1 aliphatic rings. The van der Waals surface area contributed by atoms with E-state index >= 15 is 0 Å². The lowest BCUT2D eigenvalue weighted by Crippen LogP contribution is -2.61. The average Bonchev–Trinajstić information content (AvgIpc) is 2.67. The third kappa shape index (κ3) is 4.43. The maximum Gasteiger partial charge on any atom is 0.484 e. The van der Waals surface area contributed by atoms with Crippen molar-refractivity contribution < 1.29 is 41.3 Å². The quantitative estimate of drug-likeness (QED) is 0.634. The van der Waals surface area contributed by atoms with Gasteiger partial charge in [-0.2, -0.15) is 8.78 Å². The van der Waals surface area contributed by atoms with E-state index in [1.807, 2.05) is 6.92 Å². The number of halogens is 5. The molecular formula is C21H21F5O4. The van der Waals surface area contributed by atoms with Crippen molar-refractivity contribution in [3.63, 3.8) is 0 Å². The molecule has 1 saturated heterocycles. The zero-order valence-electron chi connectivity index (χ0n) is 16.4.